The molecule has 7 heavy (non-hydrogen) atoms. The van der Waals surface area contributed by atoms with Crippen LogP contribution in [0.25, 0.3) is 0 Å². The van der Waals surface area contributed by atoms with Crippen LogP contribution < -0.4 is 5.14 Å². The fourth-order valence-electron chi connectivity index (χ4n) is 0.0934. The highest BCUT2D eigenvalue weighted by Crippen LogP contribution is 2.08. The highest BCUT2D eigenvalue weighted by atomic mass is 127. The summed E-state index contributed by atoms with van der Waals surface area (Å²) in [6.07, 6.45) is 0. The molecular weight excluding hydrogens is 223 g/mol. The van der Waals surface area contributed by atoms with Gasteiger partial charge in [0.25, 0.3) is 0 Å². The van der Waals surface area contributed by atoms with Gasteiger partial charge in [0.05, 0.1) is 0 Å². The molecule has 0 spiro atoms. The normalized spacial score (nSPS) is 11.4. The standard InChI is InChI=1S/C3H5IN2S/c1-6-3(4)2-7-5/h2H,1,5H2/b3-2-. The maximum absolute atomic E-state index is 5.05. The second-order valence-electron chi connectivity index (χ2n) is 0.735. The zero-order valence-electron chi connectivity index (χ0n) is 3.60. The molecule has 0 aliphatic carbocycles. The topological polar surface area (TPSA) is 38.4 Å². The highest BCUT2D eigenvalue weighted by Gasteiger charge is 1.76. The van der Waals surface area contributed by atoms with E-state index in [0.717, 1.165) is 15.7 Å². The van der Waals surface area contributed by atoms with Gasteiger partial charge in [-0.15, -0.1) is 0 Å². The lowest BCUT2D eigenvalue weighted by molar-refractivity contribution is 1.62. The van der Waals surface area contributed by atoms with Gasteiger partial charge in [-0.25, -0.2) is 0 Å². The van der Waals surface area contributed by atoms with Crippen LogP contribution in [-0.4, -0.2) is 6.72 Å². The molecule has 2 N–H and O–H groups in total. The first-order valence-corrected chi connectivity index (χ1v) is 3.51. The molecule has 0 aromatic heterocycles. The van der Waals surface area contributed by atoms with E-state index >= 15 is 0 Å². The van der Waals surface area contributed by atoms with Crippen molar-refractivity contribution in [2.75, 3.05) is 0 Å². The molecule has 0 aromatic rings. The highest BCUT2D eigenvalue weighted by molar-refractivity contribution is 14.1. The van der Waals surface area contributed by atoms with Gasteiger partial charge in [0.1, 0.15) is 3.70 Å². The van der Waals surface area contributed by atoms with Crippen molar-refractivity contribution in [2.24, 2.45) is 10.1 Å². The molecule has 4 heteroatoms. The molecule has 0 atom stereocenters. The summed E-state index contributed by atoms with van der Waals surface area (Å²) < 4.78 is 0.824. The van der Waals surface area contributed by atoms with E-state index in [0.29, 0.717) is 0 Å². The van der Waals surface area contributed by atoms with Crippen molar-refractivity contribution in [2.45, 2.75) is 0 Å². The van der Waals surface area contributed by atoms with Crippen LogP contribution in [0.4, 0.5) is 0 Å². The summed E-state index contributed by atoms with van der Waals surface area (Å²) in [6, 6.07) is 0. The van der Waals surface area contributed by atoms with Crippen LogP contribution in [0.1, 0.15) is 0 Å². The van der Waals surface area contributed by atoms with Gasteiger partial charge in [-0.3, -0.25) is 10.1 Å². The van der Waals surface area contributed by atoms with Gasteiger partial charge in [-0.1, -0.05) is 11.9 Å². The summed E-state index contributed by atoms with van der Waals surface area (Å²) in [4.78, 5) is 3.58. The number of hydrogen-bond acceptors (Lipinski definition) is 3. The van der Waals surface area contributed by atoms with E-state index in [2.05, 4.69) is 11.7 Å². The van der Waals surface area contributed by atoms with E-state index in [1.807, 2.05) is 22.6 Å². The van der Waals surface area contributed by atoms with Crippen molar-refractivity contribution >= 4 is 41.3 Å². The minimum absolute atomic E-state index is 0.824. The number of nitrogens with zero attached hydrogens (tertiary/aromatic N) is 1. The quantitative estimate of drug-likeness (QED) is 0.337. The van der Waals surface area contributed by atoms with E-state index in [1.165, 1.54) is 0 Å². The Labute approximate surface area is 60.5 Å². The number of halogens is 1. The second kappa shape index (κ2) is 4.61. The molecule has 0 rings (SSSR count). The lowest BCUT2D eigenvalue weighted by atomic mass is 11.0. The number of rotatable bonds is 2. The van der Waals surface area contributed by atoms with Crippen LogP contribution in [0, 0.1) is 0 Å². The van der Waals surface area contributed by atoms with Crippen LogP contribution in [0.2, 0.25) is 0 Å². The fraction of sp³-hybridized carbons (Fsp3) is 0. The summed E-state index contributed by atoms with van der Waals surface area (Å²) >= 11 is 3.17. The third kappa shape index (κ3) is 4.30. The average molecular weight is 228 g/mol. The Morgan fingerprint density at radius 2 is 2.57 bits per heavy atom. The van der Waals surface area contributed by atoms with E-state index in [4.69, 9.17) is 5.14 Å². The monoisotopic (exact) mass is 228 g/mol. The van der Waals surface area contributed by atoms with Crippen molar-refractivity contribution in [1.82, 2.24) is 0 Å². The Morgan fingerprint density at radius 1 is 2.00 bits per heavy atom. The molecule has 0 unspecified atom stereocenters. The lowest BCUT2D eigenvalue weighted by Crippen LogP contribution is -1.68. The molecule has 0 aromatic carbocycles. The zero-order valence-corrected chi connectivity index (χ0v) is 6.57. The van der Waals surface area contributed by atoms with Gasteiger partial charge in [-0.2, -0.15) is 0 Å². The van der Waals surface area contributed by atoms with Gasteiger partial charge in [-0.05, 0) is 29.3 Å². The largest absolute Gasteiger partial charge is 0.274 e. The molecule has 0 aliphatic heterocycles. The molecule has 0 saturated heterocycles. The van der Waals surface area contributed by atoms with Crippen LogP contribution in [0.3, 0.4) is 0 Å². The van der Waals surface area contributed by atoms with Gasteiger partial charge in [0.15, 0.2) is 0 Å². The first-order chi connectivity index (χ1) is 3.31. The molecule has 0 amide bonds. The summed E-state index contributed by atoms with van der Waals surface area (Å²) in [7, 11) is 0. The molecule has 2 nitrogen and oxygen atoms in total. The van der Waals surface area contributed by atoms with Crippen LogP contribution in [-0.2, 0) is 0 Å². The van der Waals surface area contributed by atoms with Gasteiger partial charge in [0, 0.05) is 5.41 Å². The van der Waals surface area contributed by atoms with Gasteiger partial charge >= 0.3 is 0 Å². The minimum Gasteiger partial charge on any atom is -0.274 e. The summed E-state index contributed by atoms with van der Waals surface area (Å²) in [6.45, 7) is 3.28. The number of aliphatic imine (C=N–C) groups is 1. The summed E-state index contributed by atoms with van der Waals surface area (Å²) in [5, 5.41) is 6.77. The van der Waals surface area contributed by atoms with Gasteiger partial charge < -0.3 is 0 Å². The maximum Gasteiger partial charge on any atom is 0.108 e. The lowest BCUT2D eigenvalue weighted by Gasteiger charge is -1.80. The predicted octanol–water partition coefficient (Wildman–Crippen LogP) is 1.53. The van der Waals surface area contributed by atoms with E-state index in [-0.39, 0.29) is 0 Å². The number of nitrogens with two attached hydrogens (primary N) is 1. The molecule has 0 heterocycles. The minimum atomic E-state index is 0.824. The van der Waals surface area contributed by atoms with E-state index < -0.39 is 0 Å². The van der Waals surface area contributed by atoms with Crippen molar-refractivity contribution in [3.63, 3.8) is 0 Å². The molecule has 0 bridgehead atoms. The first-order valence-electron chi connectivity index (χ1n) is 1.49. The molecule has 0 fully saturated rings. The summed E-state index contributed by atoms with van der Waals surface area (Å²) in [5.41, 5.74) is 0. The second-order valence-corrected chi connectivity index (χ2v) is 2.35. The van der Waals surface area contributed by atoms with Crippen molar-refractivity contribution in [3.8, 4) is 0 Å². The van der Waals surface area contributed by atoms with Crippen LogP contribution in [0.5, 0.6) is 0 Å². The Balaban J connectivity index is 3.49. The van der Waals surface area contributed by atoms with Crippen molar-refractivity contribution in [3.05, 3.63) is 9.11 Å². The molecule has 0 saturated carbocycles. The Morgan fingerprint density at radius 3 is 2.71 bits per heavy atom. The molecule has 0 aliphatic rings. The third-order valence-electron chi connectivity index (χ3n) is 0.316. The number of hydrogen-bond donors (Lipinski definition) is 1. The Kier molecular flexibility index (Phi) is 4.90. The Bertz CT molecular complexity index is 90.9. The zero-order chi connectivity index (χ0) is 5.70. The van der Waals surface area contributed by atoms with Crippen molar-refractivity contribution in [1.29, 1.82) is 0 Å². The fourth-order valence-corrected chi connectivity index (χ4v) is 0.721. The first kappa shape index (κ1) is 7.45. The van der Waals surface area contributed by atoms with E-state index in [9.17, 15) is 0 Å². The average Bonchev–Trinajstić information content (AvgIpc) is 1.68. The molecule has 40 valence electrons. The molecule has 0 radical (unpaired) electrons. The van der Waals surface area contributed by atoms with Crippen molar-refractivity contribution < 1.29 is 0 Å². The predicted molar refractivity (Wildman–Crippen MR) is 43.4 cm³/mol. The third-order valence-corrected chi connectivity index (χ3v) is 1.75. The van der Waals surface area contributed by atoms with Crippen LogP contribution >= 0.6 is 34.5 Å². The maximum atomic E-state index is 5.05. The van der Waals surface area contributed by atoms with E-state index in [1.54, 1.807) is 5.41 Å². The smallest absolute Gasteiger partial charge is 0.108 e. The Hall–Kier alpha value is 0.450. The summed E-state index contributed by atoms with van der Waals surface area (Å²) in [5.74, 6) is 0. The molecular formula is C3H5IN2S. The van der Waals surface area contributed by atoms with Crippen LogP contribution in [0.15, 0.2) is 14.1 Å². The van der Waals surface area contributed by atoms with Gasteiger partial charge in [0.2, 0.25) is 0 Å². The SMILES string of the molecule is C=N/C(I)=C\SN.